The monoisotopic (exact) mass is 239 g/mol. The summed E-state index contributed by atoms with van der Waals surface area (Å²) >= 11 is 0. The first-order valence-corrected chi connectivity index (χ1v) is 7.57. The Kier molecular flexibility index (Phi) is 4.48. The van der Waals surface area contributed by atoms with Crippen molar-refractivity contribution in [2.24, 2.45) is 11.8 Å². The van der Waals surface area contributed by atoms with Crippen molar-refractivity contribution in [3.05, 3.63) is 0 Å². The second kappa shape index (κ2) is 5.71. The van der Waals surface area contributed by atoms with E-state index in [1.165, 1.54) is 32.1 Å². The predicted octanol–water partition coefficient (Wildman–Crippen LogP) is 3.10. The first-order chi connectivity index (χ1) is 8.18. The van der Waals surface area contributed by atoms with Crippen LogP contribution in [0.5, 0.6) is 0 Å². The molecule has 2 N–H and O–H groups in total. The molecule has 100 valence electrons. The van der Waals surface area contributed by atoms with E-state index in [9.17, 15) is 5.11 Å². The molecule has 2 aliphatic rings. The molecule has 0 aromatic carbocycles. The van der Waals surface area contributed by atoms with Crippen molar-refractivity contribution in [1.82, 2.24) is 5.32 Å². The maximum Gasteiger partial charge on any atom is 0.0677 e. The van der Waals surface area contributed by atoms with Crippen LogP contribution < -0.4 is 5.32 Å². The zero-order chi connectivity index (χ0) is 12.3. The molecule has 17 heavy (non-hydrogen) atoms. The lowest BCUT2D eigenvalue weighted by atomic mass is 9.66. The summed E-state index contributed by atoms with van der Waals surface area (Å²) in [4.78, 5) is 0. The Morgan fingerprint density at radius 3 is 2.47 bits per heavy atom. The summed E-state index contributed by atoms with van der Waals surface area (Å²) < 4.78 is 0. The molecule has 2 saturated carbocycles. The van der Waals surface area contributed by atoms with Gasteiger partial charge in [0.1, 0.15) is 0 Å². The van der Waals surface area contributed by atoms with Gasteiger partial charge in [-0.3, -0.25) is 0 Å². The second-order valence-corrected chi connectivity index (χ2v) is 6.30. The van der Waals surface area contributed by atoms with Crippen LogP contribution in [0.25, 0.3) is 0 Å². The van der Waals surface area contributed by atoms with Crippen molar-refractivity contribution >= 4 is 0 Å². The third kappa shape index (κ3) is 3.03. The number of rotatable bonds is 3. The van der Waals surface area contributed by atoms with Crippen LogP contribution in [-0.4, -0.2) is 23.8 Å². The fourth-order valence-electron chi connectivity index (χ4n) is 3.96. The van der Waals surface area contributed by atoms with E-state index < -0.39 is 0 Å². The summed E-state index contributed by atoms with van der Waals surface area (Å²) in [6.07, 6.45) is 10.9. The first-order valence-electron chi connectivity index (χ1n) is 7.57. The average molecular weight is 239 g/mol. The lowest BCUT2D eigenvalue weighted by Crippen LogP contribution is -2.46. The lowest BCUT2D eigenvalue weighted by Gasteiger charge is -2.44. The van der Waals surface area contributed by atoms with Crippen molar-refractivity contribution in [3.63, 3.8) is 0 Å². The number of nitrogens with one attached hydrogen (secondary N) is 1. The molecule has 2 atom stereocenters. The largest absolute Gasteiger partial charge is 0.390 e. The van der Waals surface area contributed by atoms with Gasteiger partial charge < -0.3 is 10.4 Å². The van der Waals surface area contributed by atoms with Crippen LogP contribution in [0.2, 0.25) is 0 Å². The second-order valence-electron chi connectivity index (χ2n) is 6.30. The third-order valence-electron chi connectivity index (χ3n) is 5.38. The molecule has 0 radical (unpaired) electrons. The number of aliphatic hydroxyl groups is 1. The van der Waals surface area contributed by atoms with E-state index in [1.54, 1.807) is 0 Å². The van der Waals surface area contributed by atoms with Gasteiger partial charge in [-0.05, 0) is 57.4 Å². The quantitative estimate of drug-likeness (QED) is 0.793. The standard InChI is InChI=1S/C15H29NO/c1-3-12-5-4-6-13(11-12)15(17)9-7-14(16-2)8-10-15/h12-14,16-17H,3-11H2,1-2H3. The predicted molar refractivity (Wildman–Crippen MR) is 72.0 cm³/mol. The molecule has 2 rings (SSSR count). The van der Waals surface area contributed by atoms with Gasteiger partial charge in [-0.25, -0.2) is 0 Å². The molecule has 2 aliphatic carbocycles. The summed E-state index contributed by atoms with van der Waals surface area (Å²) in [7, 11) is 2.04. The molecule has 2 unspecified atom stereocenters. The molecule has 0 aliphatic heterocycles. The maximum atomic E-state index is 10.9. The van der Waals surface area contributed by atoms with Crippen LogP contribution in [0, 0.1) is 11.8 Å². The van der Waals surface area contributed by atoms with Gasteiger partial charge in [0.15, 0.2) is 0 Å². The molecule has 2 nitrogen and oxygen atoms in total. The Morgan fingerprint density at radius 2 is 1.88 bits per heavy atom. The van der Waals surface area contributed by atoms with Gasteiger partial charge in [0.2, 0.25) is 0 Å². The minimum Gasteiger partial charge on any atom is -0.390 e. The zero-order valence-electron chi connectivity index (χ0n) is 11.5. The molecule has 2 fully saturated rings. The molecule has 0 bridgehead atoms. The molecule has 0 amide bonds. The Morgan fingerprint density at radius 1 is 1.18 bits per heavy atom. The Hall–Kier alpha value is -0.0800. The summed E-state index contributed by atoms with van der Waals surface area (Å²) in [5.41, 5.74) is -0.332. The van der Waals surface area contributed by atoms with Gasteiger partial charge in [-0.15, -0.1) is 0 Å². The van der Waals surface area contributed by atoms with Crippen LogP contribution in [0.4, 0.5) is 0 Å². The normalized spacial score (nSPS) is 43.6. The molecular weight excluding hydrogens is 210 g/mol. The highest BCUT2D eigenvalue weighted by Crippen LogP contribution is 2.43. The summed E-state index contributed by atoms with van der Waals surface area (Å²) in [6, 6.07) is 0.640. The zero-order valence-corrected chi connectivity index (χ0v) is 11.5. The van der Waals surface area contributed by atoms with E-state index >= 15 is 0 Å². The number of hydrogen-bond acceptors (Lipinski definition) is 2. The summed E-state index contributed by atoms with van der Waals surface area (Å²) in [6.45, 7) is 2.30. The van der Waals surface area contributed by atoms with Crippen LogP contribution in [-0.2, 0) is 0 Å². The minimum absolute atomic E-state index is 0.332. The Labute approximate surface area is 106 Å². The molecule has 0 spiro atoms. The van der Waals surface area contributed by atoms with Gasteiger partial charge in [-0.2, -0.15) is 0 Å². The molecule has 0 aromatic rings. The molecular formula is C15H29NO. The Balaban J connectivity index is 1.92. The van der Waals surface area contributed by atoms with Gasteiger partial charge >= 0.3 is 0 Å². The highest BCUT2D eigenvalue weighted by Gasteiger charge is 2.41. The van der Waals surface area contributed by atoms with Crippen molar-refractivity contribution in [2.45, 2.75) is 76.4 Å². The smallest absolute Gasteiger partial charge is 0.0677 e. The minimum atomic E-state index is -0.332. The third-order valence-corrected chi connectivity index (χ3v) is 5.38. The van der Waals surface area contributed by atoms with Crippen molar-refractivity contribution < 1.29 is 5.11 Å². The van der Waals surface area contributed by atoms with Crippen molar-refractivity contribution in [3.8, 4) is 0 Å². The Bertz CT molecular complexity index is 233. The van der Waals surface area contributed by atoms with E-state index in [2.05, 4.69) is 12.2 Å². The van der Waals surface area contributed by atoms with E-state index in [-0.39, 0.29) is 5.60 Å². The van der Waals surface area contributed by atoms with E-state index in [4.69, 9.17) is 0 Å². The van der Waals surface area contributed by atoms with Crippen LogP contribution in [0.1, 0.15) is 64.7 Å². The molecule has 0 aromatic heterocycles. The van der Waals surface area contributed by atoms with Crippen molar-refractivity contribution in [1.29, 1.82) is 0 Å². The van der Waals surface area contributed by atoms with Gasteiger partial charge in [0.05, 0.1) is 5.60 Å². The highest BCUT2D eigenvalue weighted by molar-refractivity contribution is 4.94. The van der Waals surface area contributed by atoms with Gasteiger partial charge in [0, 0.05) is 6.04 Å². The van der Waals surface area contributed by atoms with Gasteiger partial charge in [-0.1, -0.05) is 26.2 Å². The fourth-order valence-corrected chi connectivity index (χ4v) is 3.96. The van der Waals surface area contributed by atoms with E-state index in [0.717, 1.165) is 31.6 Å². The topological polar surface area (TPSA) is 32.3 Å². The maximum absolute atomic E-state index is 10.9. The van der Waals surface area contributed by atoms with Crippen molar-refractivity contribution in [2.75, 3.05) is 7.05 Å². The van der Waals surface area contributed by atoms with Crippen LogP contribution in [0.15, 0.2) is 0 Å². The van der Waals surface area contributed by atoms with Gasteiger partial charge in [0.25, 0.3) is 0 Å². The first kappa shape index (κ1) is 13.4. The summed E-state index contributed by atoms with van der Waals surface area (Å²) in [5.74, 6) is 1.46. The molecule has 2 heteroatoms. The van der Waals surface area contributed by atoms with E-state index in [1.807, 2.05) is 7.05 Å². The molecule has 0 saturated heterocycles. The summed E-state index contributed by atoms with van der Waals surface area (Å²) in [5, 5.41) is 14.2. The SMILES string of the molecule is CCC1CCCC(C2(O)CCC(NC)CC2)C1. The van der Waals surface area contributed by atoms with E-state index in [0.29, 0.717) is 12.0 Å². The number of hydrogen-bond donors (Lipinski definition) is 2. The molecule has 0 heterocycles. The highest BCUT2D eigenvalue weighted by atomic mass is 16.3. The fraction of sp³-hybridized carbons (Fsp3) is 1.00. The lowest BCUT2D eigenvalue weighted by molar-refractivity contribution is -0.0726. The van der Waals surface area contributed by atoms with Crippen LogP contribution >= 0.6 is 0 Å². The average Bonchev–Trinajstić information content (AvgIpc) is 2.40. The van der Waals surface area contributed by atoms with Crippen LogP contribution in [0.3, 0.4) is 0 Å².